The Balaban J connectivity index is -0.000000289. The first kappa shape index (κ1) is 20.8. The van der Waals surface area contributed by atoms with Gasteiger partial charge in [-0.05, 0) is 12.1 Å². The van der Waals surface area contributed by atoms with Crippen LogP contribution < -0.4 is 11.1 Å². The molecule has 17 heavy (non-hydrogen) atoms. The van der Waals surface area contributed by atoms with Crippen LogP contribution in [-0.4, -0.2) is 22.1 Å². The molecule has 1 aromatic heterocycles. The lowest BCUT2D eigenvalue weighted by Gasteiger charge is -1.98. The zero-order chi connectivity index (χ0) is 11.7. The molecule has 0 atom stereocenters. The molecule has 0 aliphatic rings. The lowest BCUT2D eigenvalue weighted by Crippen LogP contribution is -2.28. The van der Waals surface area contributed by atoms with E-state index in [1.54, 1.807) is 6.20 Å². The van der Waals surface area contributed by atoms with Crippen molar-refractivity contribution in [1.82, 2.24) is 10.3 Å². The number of aromatic nitrogens is 1. The van der Waals surface area contributed by atoms with Crippen LogP contribution >= 0.6 is 24.8 Å². The molecule has 98 valence electrons. The van der Waals surface area contributed by atoms with E-state index in [4.69, 9.17) is 15.6 Å². The number of halogens is 2. The molecule has 0 bridgehead atoms. The molecule has 0 unspecified atom stereocenters. The molecular formula is C9H15Cl2N3O3. The predicted molar refractivity (Wildman–Crippen MR) is 68.5 cm³/mol. The third-order valence-corrected chi connectivity index (χ3v) is 1.17. The minimum Gasteiger partial charge on any atom is -0.481 e. The van der Waals surface area contributed by atoms with Crippen LogP contribution in [0.5, 0.6) is 0 Å². The monoisotopic (exact) mass is 283 g/mol. The molecule has 0 spiro atoms. The number of rotatable bonds is 2. The Labute approximate surface area is 111 Å². The predicted octanol–water partition coefficient (Wildman–Crippen LogP) is 1.18. The number of carbonyl (C=O) groups is 2. The van der Waals surface area contributed by atoms with Crippen LogP contribution in [-0.2, 0) is 11.3 Å². The van der Waals surface area contributed by atoms with Crippen LogP contribution in [0.1, 0.15) is 12.6 Å². The lowest BCUT2D eigenvalue weighted by molar-refractivity contribution is -0.134. The Hall–Kier alpha value is -1.53. The van der Waals surface area contributed by atoms with E-state index in [0.29, 0.717) is 6.54 Å². The van der Waals surface area contributed by atoms with Gasteiger partial charge >= 0.3 is 6.03 Å². The summed E-state index contributed by atoms with van der Waals surface area (Å²) >= 11 is 0. The summed E-state index contributed by atoms with van der Waals surface area (Å²) in [6, 6.07) is 4.95. The van der Waals surface area contributed by atoms with Crippen LogP contribution in [0.3, 0.4) is 0 Å². The summed E-state index contributed by atoms with van der Waals surface area (Å²) in [7, 11) is 0. The van der Waals surface area contributed by atoms with Gasteiger partial charge in [0.25, 0.3) is 5.97 Å². The van der Waals surface area contributed by atoms with Crippen LogP contribution in [0.2, 0.25) is 0 Å². The van der Waals surface area contributed by atoms with Gasteiger partial charge in [0.2, 0.25) is 0 Å². The van der Waals surface area contributed by atoms with Gasteiger partial charge < -0.3 is 16.2 Å². The average Bonchev–Trinajstić information content (AvgIpc) is 2.15. The molecule has 0 aliphatic carbocycles. The first-order chi connectivity index (χ1) is 7.02. The number of hydrogen-bond donors (Lipinski definition) is 3. The summed E-state index contributed by atoms with van der Waals surface area (Å²) in [5.41, 5.74) is 5.66. The maximum Gasteiger partial charge on any atom is 0.312 e. The van der Waals surface area contributed by atoms with Crippen molar-refractivity contribution in [2.24, 2.45) is 5.73 Å². The number of amides is 2. The van der Waals surface area contributed by atoms with Gasteiger partial charge in [-0.2, -0.15) is 0 Å². The summed E-state index contributed by atoms with van der Waals surface area (Å²) in [4.78, 5) is 23.2. The fourth-order valence-corrected chi connectivity index (χ4v) is 0.680. The second-order valence-electron chi connectivity index (χ2n) is 2.56. The standard InChI is InChI=1S/C7H9N3O.C2H4O2.2ClH/c8-7(11)10-5-6-3-1-2-4-9-6;1-2(3)4;;/h1-4H,5H2,(H3,8,10,11);1H3,(H,3,4);2*1H. The van der Waals surface area contributed by atoms with Gasteiger partial charge in [-0.15, -0.1) is 24.8 Å². The Morgan fingerprint density at radius 2 is 1.94 bits per heavy atom. The number of nitrogens with two attached hydrogens (primary N) is 1. The maximum absolute atomic E-state index is 10.3. The number of urea groups is 1. The van der Waals surface area contributed by atoms with Gasteiger partial charge in [0.05, 0.1) is 12.2 Å². The van der Waals surface area contributed by atoms with Gasteiger partial charge in [0.15, 0.2) is 0 Å². The zero-order valence-corrected chi connectivity index (χ0v) is 10.8. The zero-order valence-electron chi connectivity index (χ0n) is 9.12. The quantitative estimate of drug-likeness (QED) is 0.758. The van der Waals surface area contributed by atoms with E-state index in [0.717, 1.165) is 12.6 Å². The van der Waals surface area contributed by atoms with E-state index in [-0.39, 0.29) is 24.8 Å². The average molecular weight is 284 g/mol. The molecule has 0 aromatic carbocycles. The van der Waals surface area contributed by atoms with Crippen LogP contribution in [0.25, 0.3) is 0 Å². The summed E-state index contributed by atoms with van der Waals surface area (Å²) < 4.78 is 0. The molecular weight excluding hydrogens is 269 g/mol. The number of pyridine rings is 1. The highest BCUT2D eigenvalue weighted by atomic mass is 35.5. The summed E-state index contributed by atoms with van der Waals surface area (Å²) in [5.74, 6) is -0.833. The Morgan fingerprint density at radius 3 is 2.29 bits per heavy atom. The van der Waals surface area contributed by atoms with Gasteiger partial charge in [-0.1, -0.05) is 6.07 Å². The third-order valence-electron chi connectivity index (χ3n) is 1.17. The molecule has 2 amide bonds. The molecule has 1 heterocycles. The first-order valence-electron chi connectivity index (χ1n) is 4.15. The number of nitrogens with zero attached hydrogens (tertiary/aromatic N) is 1. The van der Waals surface area contributed by atoms with E-state index >= 15 is 0 Å². The van der Waals surface area contributed by atoms with Crippen molar-refractivity contribution in [1.29, 1.82) is 0 Å². The van der Waals surface area contributed by atoms with Gasteiger partial charge in [-0.25, -0.2) is 4.79 Å². The number of primary amides is 1. The molecule has 0 aliphatic heterocycles. The summed E-state index contributed by atoms with van der Waals surface area (Å²) in [5, 5.41) is 9.85. The SMILES string of the molecule is CC(=O)O.Cl.Cl.NC(=O)NCc1ccccn1. The fraction of sp³-hybridized carbons (Fsp3) is 0.222. The van der Waals surface area contributed by atoms with Crippen molar-refractivity contribution in [3.05, 3.63) is 30.1 Å². The highest BCUT2D eigenvalue weighted by Crippen LogP contribution is 1.90. The molecule has 8 heteroatoms. The number of carboxylic acids is 1. The topological polar surface area (TPSA) is 105 Å². The molecule has 0 radical (unpaired) electrons. The van der Waals surface area contributed by atoms with E-state index < -0.39 is 12.0 Å². The van der Waals surface area contributed by atoms with Crippen molar-refractivity contribution >= 4 is 36.8 Å². The number of nitrogens with one attached hydrogen (secondary N) is 1. The highest BCUT2D eigenvalue weighted by Gasteiger charge is 1.92. The normalized spacial score (nSPS) is 7.35. The molecule has 4 N–H and O–H groups in total. The number of aliphatic carboxylic acids is 1. The van der Waals surface area contributed by atoms with Crippen molar-refractivity contribution < 1.29 is 14.7 Å². The Bertz CT molecular complexity index is 319. The van der Waals surface area contributed by atoms with Gasteiger partial charge in [0.1, 0.15) is 0 Å². The van der Waals surface area contributed by atoms with Gasteiger partial charge in [0, 0.05) is 13.1 Å². The van der Waals surface area contributed by atoms with Crippen molar-refractivity contribution in [3.63, 3.8) is 0 Å². The first-order valence-corrected chi connectivity index (χ1v) is 4.15. The highest BCUT2D eigenvalue weighted by molar-refractivity contribution is 5.85. The molecule has 0 saturated heterocycles. The maximum atomic E-state index is 10.3. The Morgan fingerprint density at radius 1 is 1.41 bits per heavy atom. The minimum absolute atomic E-state index is 0. The number of carboxylic acid groups (broad SMARTS) is 1. The van der Waals surface area contributed by atoms with E-state index in [1.165, 1.54) is 0 Å². The minimum atomic E-state index is -0.833. The molecule has 0 saturated carbocycles. The fourth-order valence-electron chi connectivity index (χ4n) is 0.680. The van der Waals surface area contributed by atoms with E-state index in [2.05, 4.69) is 10.3 Å². The van der Waals surface area contributed by atoms with Crippen LogP contribution in [0.4, 0.5) is 4.79 Å². The molecule has 6 nitrogen and oxygen atoms in total. The lowest BCUT2D eigenvalue weighted by atomic mass is 10.3. The van der Waals surface area contributed by atoms with Crippen molar-refractivity contribution in [2.45, 2.75) is 13.5 Å². The number of carbonyl (C=O) groups excluding carboxylic acids is 1. The smallest absolute Gasteiger partial charge is 0.312 e. The Kier molecular flexibility index (Phi) is 15.4. The third kappa shape index (κ3) is 17.1. The molecule has 1 aromatic rings. The van der Waals surface area contributed by atoms with E-state index in [1.807, 2.05) is 18.2 Å². The van der Waals surface area contributed by atoms with Crippen LogP contribution in [0.15, 0.2) is 24.4 Å². The second-order valence-corrected chi connectivity index (χ2v) is 2.56. The largest absolute Gasteiger partial charge is 0.481 e. The van der Waals surface area contributed by atoms with Crippen molar-refractivity contribution in [3.8, 4) is 0 Å². The summed E-state index contributed by atoms with van der Waals surface area (Å²) in [6.45, 7) is 1.47. The molecule has 1 rings (SSSR count). The number of hydrogen-bond acceptors (Lipinski definition) is 3. The summed E-state index contributed by atoms with van der Waals surface area (Å²) in [6.07, 6.45) is 1.66. The van der Waals surface area contributed by atoms with Crippen LogP contribution in [0, 0.1) is 0 Å². The molecule has 0 fully saturated rings. The van der Waals surface area contributed by atoms with E-state index in [9.17, 15) is 4.79 Å². The van der Waals surface area contributed by atoms with Crippen molar-refractivity contribution in [2.75, 3.05) is 0 Å². The van der Waals surface area contributed by atoms with Gasteiger partial charge in [-0.3, -0.25) is 9.78 Å². The second kappa shape index (κ2) is 12.5.